The van der Waals surface area contributed by atoms with Gasteiger partial charge in [0, 0.05) is 12.5 Å². The normalized spacial score (nSPS) is 19.1. The first-order chi connectivity index (χ1) is 13.6. The Bertz CT molecular complexity index is 982. The summed E-state index contributed by atoms with van der Waals surface area (Å²) in [6.07, 6.45) is 3.58. The second kappa shape index (κ2) is 8.02. The first-order valence-electron chi connectivity index (χ1n) is 9.77. The summed E-state index contributed by atoms with van der Waals surface area (Å²) in [7, 11) is 1.66. The number of carbonyl (C=O) groups is 1. The number of ether oxygens (including phenoxy) is 1. The van der Waals surface area contributed by atoms with Gasteiger partial charge in [-0.2, -0.15) is 0 Å². The van der Waals surface area contributed by atoms with E-state index in [9.17, 15) is 4.79 Å². The number of fused-ring (bicyclic) bond motifs is 1. The average molecular weight is 378 g/mol. The van der Waals surface area contributed by atoms with Crippen molar-refractivity contribution in [1.29, 1.82) is 0 Å². The number of carbonyl (C=O) groups excluding carboxylic acids is 1. The standard InChI is InChI=1S/C22H26N4O2/c1-28-17-8-4-6-15(12-17)14-26-20-11-3-2-10-19(20)24-22(26)25-21(27)13-16-7-5-9-18(16)23/h2-4,6,8,10-12,16,18H,5,7,9,13-14,23H2,1H3,(H,24,25,27)/t16-,18+/m0/s1. The highest BCUT2D eigenvalue weighted by molar-refractivity contribution is 5.91. The van der Waals surface area contributed by atoms with Gasteiger partial charge in [-0.05, 0) is 48.6 Å². The third-order valence-corrected chi connectivity index (χ3v) is 5.55. The number of hydrogen-bond acceptors (Lipinski definition) is 4. The lowest BCUT2D eigenvalue weighted by Crippen LogP contribution is -2.28. The third-order valence-electron chi connectivity index (χ3n) is 5.55. The zero-order valence-electron chi connectivity index (χ0n) is 16.1. The summed E-state index contributed by atoms with van der Waals surface area (Å²) in [5.41, 5.74) is 9.05. The first-order valence-corrected chi connectivity index (χ1v) is 9.77. The van der Waals surface area contributed by atoms with Crippen molar-refractivity contribution < 1.29 is 9.53 Å². The van der Waals surface area contributed by atoms with E-state index in [1.54, 1.807) is 7.11 Å². The molecule has 0 bridgehead atoms. The van der Waals surface area contributed by atoms with Crippen LogP contribution in [0.15, 0.2) is 48.5 Å². The quantitative estimate of drug-likeness (QED) is 0.687. The molecule has 1 saturated carbocycles. The van der Waals surface area contributed by atoms with E-state index >= 15 is 0 Å². The maximum absolute atomic E-state index is 12.7. The van der Waals surface area contributed by atoms with Crippen LogP contribution < -0.4 is 15.8 Å². The summed E-state index contributed by atoms with van der Waals surface area (Å²) in [5.74, 6) is 1.61. The van der Waals surface area contributed by atoms with Crippen molar-refractivity contribution in [2.45, 2.75) is 38.3 Å². The molecule has 0 unspecified atom stereocenters. The van der Waals surface area contributed by atoms with E-state index in [-0.39, 0.29) is 17.9 Å². The molecule has 1 heterocycles. The van der Waals surface area contributed by atoms with Gasteiger partial charge in [0.15, 0.2) is 0 Å². The first kappa shape index (κ1) is 18.5. The number of hydrogen-bond donors (Lipinski definition) is 2. The molecule has 1 aromatic heterocycles. The van der Waals surface area contributed by atoms with Gasteiger partial charge in [-0.3, -0.25) is 10.1 Å². The number of methoxy groups -OCH3 is 1. The fourth-order valence-corrected chi connectivity index (χ4v) is 4.02. The maximum Gasteiger partial charge on any atom is 0.227 e. The van der Waals surface area contributed by atoms with E-state index in [2.05, 4.69) is 10.3 Å². The van der Waals surface area contributed by atoms with Crippen molar-refractivity contribution in [2.75, 3.05) is 12.4 Å². The van der Waals surface area contributed by atoms with Crippen LogP contribution in [0, 0.1) is 5.92 Å². The van der Waals surface area contributed by atoms with Crippen LogP contribution in [0.5, 0.6) is 5.75 Å². The number of amides is 1. The zero-order chi connectivity index (χ0) is 19.5. The van der Waals surface area contributed by atoms with E-state index < -0.39 is 0 Å². The van der Waals surface area contributed by atoms with Gasteiger partial charge in [-0.25, -0.2) is 4.98 Å². The van der Waals surface area contributed by atoms with Crippen LogP contribution in [0.2, 0.25) is 0 Å². The average Bonchev–Trinajstić information content (AvgIpc) is 3.25. The summed E-state index contributed by atoms with van der Waals surface area (Å²) in [4.78, 5) is 17.3. The molecular formula is C22H26N4O2. The molecule has 3 N–H and O–H groups in total. The molecule has 0 spiro atoms. The Morgan fingerprint density at radius 2 is 2.11 bits per heavy atom. The molecule has 146 valence electrons. The molecule has 6 nitrogen and oxygen atoms in total. The molecule has 4 rings (SSSR count). The minimum Gasteiger partial charge on any atom is -0.497 e. The Hall–Kier alpha value is -2.86. The van der Waals surface area contributed by atoms with Crippen molar-refractivity contribution in [3.63, 3.8) is 0 Å². The van der Waals surface area contributed by atoms with Crippen LogP contribution in [0.4, 0.5) is 5.95 Å². The van der Waals surface area contributed by atoms with Crippen LogP contribution in [-0.4, -0.2) is 28.6 Å². The second-order valence-electron chi connectivity index (χ2n) is 7.47. The second-order valence-corrected chi connectivity index (χ2v) is 7.47. The van der Waals surface area contributed by atoms with Gasteiger partial charge in [0.1, 0.15) is 5.75 Å². The van der Waals surface area contributed by atoms with Crippen molar-refractivity contribution >= 4 is 22.9 Å². The summed E-state index contributed by atoms with van der Waals surface area (Å²) >= 11 is 0. The topological polar surface area (TPSA) is 82.2 Å². The smallest absolute Gasteiger partial charge is 0.227 e. The lowest BCUT2D eigenvalue weighted by atomic mass is 10.00. The van der Waals surface area contributed by atoms with Crippen molar-refractivity contribution in [3.05, 3.63) is 54.1 Å². The SMILES string of the molecule is COc1cccc(Cn2c(NC(=O)C[C@@H]3CCC[C@H]3N)nc3ccccc32)c1. The summed E-state index contributed by atoms with van der Waals surface area (Å²) in [6.45, 7) is 0.594. The molecule has 1 amide bonds. The lowest BCUT2D eigenvalue weighted by molar-refractivity contribution is -0.117. The van der Waals surface area contributed by atoms with Crippen LogP contribution in [0.25, 0.3) is 11.0 Å². The summed E-state index contributed by atoms with van der Waals surface area (Å²) in [5, 5.41) is 3.02. The van der Waals surface area contributed by atoms with Crippen molar-refractivity contribution in [1.82, 2.24) is 9.55 Å². The van der Waals surface area contributed by atoms with Crippen LogP contribution in [-0.2, 0) is 11.3 Å². The molecular weight excluding hydrogens is 352 g/mol. The number of nitrogens with one attached hydrogen (secondary N) is 1. The minimum absolute atomic E-state index is 0.0236. The molecule has 6 heteroatoms. The number of imidazole rings is 1. The van der Waals surface area contributed by atoms with Gasteiger partial charge in [0.25, 0.3) is 0 Å². The molecule has 0 saturated heterocycles. The van der Waals surface area contributed by atoms with E-state index in [0.29, 0.717) is 18.9 Å². The molecule has 3 aromatic rings. The number of aromatic nitrogens is 2. The molecule has 1 fully saturated rings. The highest BCUT2D eigenvalue weighted by atomic mass is 16.5. The van der Waals surface area contributed by atoms with E-state index in [1.165, 1.54) is 0 Å². The Morgan fingerprint density at radius 3 is 2.89 bits per heavy atom. The lowest BCUT2D eigenvalue weighted by Gasteiger charge is -2.15. The highest BCUT2D eigenvalue weighted by Gasteiger charge is 2.26. The number of benzene rings is 2. The highest BCUT2D eigenvalue weighted by Crippen LogP contribution is 2.28. The molecule has 0 aliphatic heterocycles. The molecule has 0 radical (unpaired) electrons. The number of nitrogens with two attached hydrogens (primary N) is 1. The Morgan fingerprint density at radius 1 is 1.25 bits per heavy atom. The van der Waals surface area contributed by atoms with Crippen LogP contribution >= 0.6 is 0 Å². The predicted octanol–water partition coefficient (Wildman–Crippen LogP) is 3.55. The largest absolute Gasteiger partial charge is 0.497 e. The van der Waals surface area contributed by atoms with E-state index in [4.69, 9.17) is 10.5 Å². The van der Waals surface area contributed by atoms with E-state index in [1.807, 2.05) is 53.1 Å². The summed E-state index contributed by atoms with van der Waals surface area (Å²) < 4.78 is 7.37. The van der Waals surface area contributed by atoms with Gasteiger partial charge in [0.2, 0.25) is 11.9 Å². The van der Waals surface area contributed by atoms with Gasteiger partial charge in [-0.15, -0.1) is 0 Å². The number of nitrogens with zero attached hydrogens (tertiary/aromatic N) is 2. The van der Waals surface area contributed by atoms with Gasteiger partial charge < -0.3 is 15.0 Å². The molecule has 1 aliphatic rings. The molecule has 2 aromatic carbocycles. The van der Waals surface area contributed by atoms with Crippen molar-refractivity contribution in [2.24, 2.45) is 11.7 Å². The minimum atomic E-state index is -0.0236. The number of rotatable bonds is 6. The Kier molecular flexibility index (Phi) is 5.30. The van der Waals surface area contributed by atoms with Gasteiger partial charge in [-0.1, -0.05) is 30.7 Å². The van der Waals surface area contributed by atoms with Crippen molar-refractivity contribution in [3.8, 4) is 5.75 Å². The maximum atomic E-state index is 12.7. The van der Waals surface area contributed by atoms with Crippen LogP contribution in [0.3, 0.4) is 0 Å². The summed E-state index contributed by atoms with van der Waals surface area (Å²) in [6, 6.07) is 16.0. The molecule has 2 atom stereocenters. The Balaban J connectivity index is 1.60. The van der Waals surface area contributed by atoms with Gasteiger partial charge in [0.05, 0.1) is 24.7 Å². The Labute approximate surface area is 164 Å². The number of anilines is 1. The van der Waals surface area contributed by atoms with Gasteiger partial charge >= 0.3 is 0 Å². The predicted molar refractivity (Wildman–Crippen MR) is 110 cm³/mol. The monoisotopic (exact) mass is 378 g/mol. The molecule has 1 aliphatic carbocycles. The van der Waals surface area contributed by atoms with E-state index in [0.717, 1.165) is 41.6 Å². The zero-order valence-corrected chi connectivity index (χ0v) is 16.1. The fraction of sp³-hybridized carbons (Fsp3) is 0.364. The number of para-hydroxylation sites is 2. The third kappa shape index (κ3) is 3.87. The molecule has 28 heavy (non-hydrogen) atoms. The fourth-order valence-electron chi connectivity index (χ4n) is 4.02. The van der Waals surface area contributed by atoms with Crippen LogP contribution in [0.1, 0.15) is 31.2 Å².